The van der Waals surface area contributed by atoms with Crippen LogP contribution in [-0.4, -0.2) is 21.1 Å². The Hall–Kier alpha value is -2.35. The van der Waals surface area contributed by atoms with Gasteiger partial charge < -0.3 is 0 Å². The Bertz CT molecular complexity index is 615. The summed E-state index contributed by atoms with van der Waals surface area (Å²) >= 11 is 3.21. The first kappa shape index (κ1) is 13.1. The van der Waals surface area contributed by atoms with Crippen molar-refractivity contribution in [3.05, 3.63) is 56.8 Å². The number of hydrazone groups is 1. The summed E-state index contributed by atoms with van der Waals surface area (Å²) in [6.45, 7) is 0. The topological polar surface area (TPSA) is 93.3 Å². The van der Waals surface area contributed by atoms with Gasteiger partial charge >= 0.3 is 0 Å². The molecule has 0 bridgehead atoms. The highest BCUT2D eigenvalue weighted by molar-refractivity contribution is 9.10. The van der Waals surface area contributed by atoms with Crippen LogP contribution < -0.4 is 5.43 Å². The van der Waals surface area contributed by atoms with Gasteiger partial charge in [-0.05, 0) is 22.0 Å². The molecule has 0 atom stereocenters. The van der Waals surface area contributed by atoms with Crippen molar-refractivity contribution in [2.45, 2.75) is 0 Å². The summed E-state index contributed by atoms with van der Waals surface area (Å²) in [7, 11) is 0. The molecule has 0 saturated carbocycles. The summed E-state index contributed by atoms with van der Waals surface area (Å²) in [5.41, 5.74) is 2.98. The highest BCUT2D eigenvalue weighted by Crippen LogP contribution is 2.15. The van der Waals surface area contributed by atoms with Crippen molar-refractivity contribution in [2.75, 3.05) is 5.43 Å². The lowest BCUT2D eigenvalue weighted by Crippen LogP contribution is -1.98. The van der Waals surface area contributed by atoms with Crippen LogP contribution in [0.1, 0.15) is 5.56 Å². The highest BCUT2D eigenvalue weighted by Gasteiger charge is 2.09. The molecule has 1 N–H and O–H groups in total. The van der Waals surface area contributed by atoms with Gasteiger partial charge in [0.1, 0.15) is 0 Å². The molecule has 1 aromatic carbocycles. The third-order valence-electron chi connectivity index (χ3n) is 2.12. The van der Waals surface area contributed by atoms with E-state index < -0.39 is 4.92 Å². The molecule has 2 rings (SSSR count). The molecular weight excluding hydrogens is 314 g/mol. The molecular formula is C11H8BrN5O2. The molecule has 19 heavy (non-hydrogen) atoms. The SMILES string of the molecule is O=[N+]([O-])c1ccccc1C=NNc1ncc(Br)cn1. The molecule has 7 nitrogen and oxygen atoms in total. The highest BCUT2D eigenvalue weighted by atomic mass is 79.9. The predicted octanol–water partition coefficient (Wildman–Crippen LogP) is 2.59. The number of anilines is 1. The average Bonchev–Trinajstić information content (AvgIpc) is 2.41. The van der Waals surface area contributed by atoms with Crippen LogP contribution in [0.3, 0.4) is 0 Å². The van der Waals surface area contributed by atoms with Gasteiger partial charge in [-0.25, -0.2) is 15.4 Å². The van der Waals surface area contributed by atoms with E-state index in [1.165, 1.54) is 12.3 Å². The maximum Gasteiger partial charge on any atom is 0.278 e. The number of nitro benzene ring substituents is 1. The normalized spacial score (nSPS) is 10.6. The first-order valence-electron chi connectivity index (χ1n) is 5.17. The molecule has 0 saturated heterocycles. The number of nitrogens with one attached hydrogen (secondary N) is 1. The zero-order chi connectivity index (χ0) is 13.7. The fourth-order valence-corrected chi connectivity index (χ4v) is 1.50. The van der Waals surface area contributed by atoms with E-state index in [4.69, 9.17) is 0 Å². The smallest absolute Gasteiger partial charge is 0.258 e. The van der Waals surface area contributed by atoms with E-state index in [0.717, 1.165) is 4.47 Å². The van der Waals surface area contributed by atoms with E-state index in [-0.39, 0.29) is 5.69 Å². The lowest BCUT2D eigenvalue weighted by atomic mass is 10.2. The first-order chi connectivity index (χ1) is 9.16. The molecule has 0 aliphatic rings. The van der Waals surface area contributed by atoms with Gasteiger partial charge in [-0.3, -0.25) is 10.1 Å². The van der Waals surface area contributed by atoms with Gasteiger partial charge in [0.05, 0.1) is 21.2 Å². The number of halogens is 1. The summed E-state index contributed by atoms with van der Waals surface area (Å²) < 4.78 is 0.751. The summed E-state index contributed by atoms with van der Waals surface area (Å²) in [4.78, 5) is 18.2. The van der Waals surface area contributed by atoms with Gasteiger partial charge in [0.15, 0.2) is 0 Å². The van der Waals surface area contributed by atoms with E-state index in [0.29, 0.717) is 11.5 Å². The summed E-state index contributed by atoms with van der Waals surface area (Å²) in [5, 5.41) is 14.7. The maximum atomic E-state index is 10.8. The van der Waals surface area contributed by atoms with E-state index in [2.05, 4.69) is 36.4 Å². The van der Waals surface area contributed by atoms with Crippen LogP contribution in [-0.2, 0) is 0 Å². The Kier molecular flexibility index (Phi) is 4.14. The Morgan fingerprint density at radius 2 is 2.00 bits per heavy atom. The average molecular weight is 322 g/mol. The van der Waals surface area contributed by atoms with Crippen LogP contribution in [0.25, 0.3) is 0 Å². The Morgan fingerprint density at radius 3 is 2.68 bits per heavy atom. The largest absolute Gasteiger partial charge is 0.278 e. The molecule has 0 aliphatic carbocycles. The molecule has 0 fully saturated rings. The Balaban J connectivity index is 2.11. The van der Waals surface area contributed by atoms with E-state index >= 15 is 0 Å². The van der Waals surface area contributed by atoms with Gasteiger partial charge in [0, 0.05) is 18.5 Å². The van der Waals surface area contributed by atoms with E-state index in [1.807, 2.05) is 0 Å². The van der Waals surface area contributed by atoms with Crippen molar-refractivity contribution >= 4 is 33.8 Å². The monoisotopic (exact) mass is 321 g/mol. The van der Waals surface area contributed by atoms with Crippen molar-refractivity contribution in [2.24, 2.45) is 5.10 Å². The molecule has 1 heterocycles. The summed E-state index contributed by atoms with van der Waals surface area (Å²) in [6, 6.07) is 6.31. The molecule has 8 heteroatoms. The van der Waals surface area contributed by atoms with E-state index in [9.17, 15) is 10.1 Å². The number of hydrogen-bond acceptors (Lipinski definition) is 6. The van der Waals surface area contributed by atoms with Gasteiger partial charge in [-0.15, -0.1) is 0 Å². The first-order valence-corrected chi connectivity index (χ1v) is 5.96. The summed E-state index contributed by atoms with van der Waals surface area (Å²) in [5.74, 6) is 0.304. The molecule has 96 valence electrons. The quantitative estimate of drug-likeness (QED) is 0.530. The second kappa shape index (κ2) is 6.01. The molecule has 1 aromatic heterocycles. The van der Waals surface area contributed by atoms with Crippen LogP contribution >= 0.6 is 15.9 Å². The number of para-hydroxylation sites is 1. The van der Waals surface area contributed by atoms with Crippen LogP contribution in [0, 0.1) is 10.1 Å². The van der Waals surface area contributed by atoms with Crippen LogP contribution in [0.5, 0.6) is 0 Å². The molecule has 0 unspecified atom stereocenters. The van der Waals surface area contributed by atoms with Gasteiger partial charge in [-0.1, -0.05) is 12.1 Å². The number of rotatable bonds is 4. The van der Waals surface area contributed by atoms with Gasteiger partial charge in [0.25, 0.3) is 5.69 Å². The molecule has 2 aromatic rings. The van der Waals surface area contributed by atoms with Crippen molar-refractivity contribution in [1.29, 1.82) is 0 Å². The lowest BCUT2D eigenvalue weighted by Gasteiger charge is -1.98. The lowest BCUT2D eigenvalue weighted by molar-refractivity contribution is -0.385. The molecule has 0 aliphatic heterocycles. The fourth-order valence-electron chi connectivity index (χ4n) is 1.29. The number of hydrogen-bond donors (Lipinski definition) is 1. The number of nitrogens with zero attached hydrogens (tertiary/aromatic N) is 4. The molecule has 0 spiro atoms. The third kappa shape index (κ3) is 3.55. The van der Waals surface area contributed by atoms with Gasteiger partial charge in [0.2, 0.25) is 5.95 Å². The number of nitro groups is 1. The van der Waals surface area contributed by atoms with Gasteiger partial charge in [-0.2, -0.15) is 5.10 Å². The Morgan fingerprint density at radius 1 is 1.32 bits per heavy atom. The minimum absolute atomic E-state index is 0.00947. The van der Waals surface area contributed by atoms with Crippen molar-refractivity contribution in [3.8, 4) is 0 Å². The second-order valence-electron chi connectivity index (χ2n) is 3.41. The predicted molar refractivity (Wildman–Crippen MR) is 74.0 cm³/mol. The summed E-state index contributed by atoms with van der Waals surface area (Å²) in [6.07, 6.45) is 4.48. The van der Waals surface area contributed by atoms with Crippen molar-refractivity contribution in [3.63, 3.8) is 0 Å². The van der Waals surface area contributed by atoms with E-state index in [1.54, 1.807) is 30.6 Å². The zero-order valence-electron chi connectivity index (χ0n) is 9.52. The zero-order valence-corrected chi connectivity index (χ0v) is 11.1. The maximum absolute atomic E-state index is 10.8. The standard InChI is InChI=1S/C11H8BrN5O2/c12-9-6-13-11(14-7-9)16-15-5-8-3-1-2-4-10(8)17(18)19/h1-7H,(H,13,14,16). The minimum atomic E-state index is -0.461. The van der Waals surface area contributed by atoms with Crippen LogP contribution in [0.2, 0.25) is 0 Å². The van der Waals surface area contributed by atoms with Crippen LogP contribution in [0.4, 0.5) is 11.6 Å². The van der Waals surface area contributed by atoms with Crippen LogP contribution in [0.15, 0.2) is 46.2 Å². The van der Waals surface area contributed by atoms with Crippen molar-refractivity contribution in [1.82, 2.24) is 9.97 Å². The number of aromatic nitrogens is 2. The Labute approximate surface area is 116 Å². The molecule has 0 radical (unpaired) electrons. The second-order valence-corrected chi connectivity index (χ2v) is 4.33. The minimum Gasteiger partial charge on any atom is -0.258 e. The van der Waals surface area contributed by atoms with Crippen molar-refractivity contribution < 1.29 is 4.92 Å². The molecule has 0 amide bonds. The third-order valence-corrected chi connectivity index (χ3v) is 2.53. The number of benzene rings is 1. The fraction of sp³-hybridized carbons (Fsp3) is 0.